The molecule has 1 heterocycles. The van der Waals surface area contributed by atoms with E-state index in [0.717, 1.165) is 24.2 Å². The van der Waals surface area contributed by atoms with Crippen LogP contribution < -0.4 is 0 Å². The van der Waals surface area contributed by atoms with Gasteiger partial charge < -0.3 is 4.42 Å². The second-order valence-electron chi connectivity index (χ2n) is 2.46. The Bertz CT molecular complexity index is 253. The Morgan fingerprint density at radius 1 is 1.73 bits per heavy atom. The highest BCUT2D eigenvalue weighted by Crippen LogP contribution is 2.06. The van der Waals surface area contributed by atoms with Crippen molar-refractivity contribution in [3.05, 3.63) is 29.7 Å². The summed E-state index contributed by atoms with van der Waals surface area (Å²) >= 11 is 0. The zero-order valence-corrected chi connectivity index (χ0v) is 6.46. The topological polar surface area (TPSA) is 30.2 Å². The predicted molar refractivity (Wildman–Crippen MR) is 41.9 cm³/mol. The highest BCUT2D eigenvalue weighted by molar-refractivity contribution is 5.51. The van der Waals surface area contributed by atoms with Crippen molar-refractivity contribution < 1.29 is 9.21 Å². The smallest absolute Gasteiger partial charge is 0.123 e. The maximum atomic E-state index is 10.1. The molecule has 1 aromatic rings. The molecule has 2 heteroatoms. The van der Waals surface area contributed by atoms with Crippen molar-refractivity contribution in [1.82, 2.24) is 0 Å². The van der Waals surface area contributed by atoms with Crippen LogP contribution in [0.1, 0.15) is 19.1 Å². The lowest BCUT2D eigenvalue weighted by molar-refractivity contribution is 0.508. The van der Waals surface area contributed by atoms with Crippen LogP contribution in [0, 0.1) is 0 Å². The van der Waals surface area contributed by atoms with E-state index in [1.807, 2.05) is 18.1 Å². The van der Waals surface area contributed by atoms with Gasteiger partial charge in [-0.15, -0.1) is 0 Å². The molecule has 58 valence electrons. The van der Waals surface area contributed by atoms with Crippen LogP contribution in [0.5, 0.6) is 0 Å². The van der Waals surface area contributed by atoms with Gasteiger partial charge in [-0.05, 0) is 25.5 Å². The molecule has 1 rings (SSSR count). The molecule has 0 saturated carbocycles. The van der Waals surface area contributed by atoms with Crippen LogP contribution in [0.15, 0.2) is 28.4 Å². The van der Waals surface area contributed by atoms with Gasteiger partial charge in [0.2, 0.25) is 0 Å². The van der Waals surface area contributed by atoms with Crippen molar-refractivity contribution in [3.8, 4) is 0 Å². The second-order valence-corrected chi connectivity index (χ2v) is 2.46. The van der Waals surface area contributed by atoms with Gasteiger partial charge in [0.25, 0.3) is 0 Å². The molecule has 0 saturated heterocycles. The molecule has 0 fully saturated rings. The number of allylic oxidation sites excluding steroid dienone is 1. The molecular weight excluding hydrogens is 140 g/mol. The molecule has 2 nitrogen and oxygen atoms in total. The van der Waals surface area contributed by atoms with E-state index >= 15 is 0 Å². The Morgan fingerprint density at radius 2 is 2.55 bits per heavy atom. The molecule has 0 N–H and O–H groups in total. The molecule has 0 spiro atoms. The largest absolute Gasteiger partial charge is 0.469 e. The molecule has 0 atom stereocenters. The Balaban J connectivity index is 2.41. The summed E-state index contributed by atoms with van der Waals surface area (Å²) in [6.07, 6.45) is 3.15. The average Bonchev–Trinajstić information content (AvgIpc) is 2.52. The standard InChI is InChI=1S/C9H10O2/c1-8(7-10)4-5-9-3-2-6-11-9/h2-3,6H,4-5H2,1H3. The maximum Gasteiger partial charge on any atom is 0.123 e. The monoisotopic (exact) mass is 150 g/mol. The Kier molecular flexibility index (Phi) is 2.70. The summed E-state index contributed by atoms with van der Waals surface area (Å²) in [5.74, 6) is 2.77. The fourth-order valence-electron chi connectivity index (χ4n) is 0.817. The summed E-state index contributed by atoms with van der Waals surface area (Å²) in [5.41, 5.74) is 0.737. The SMILES string of the molecule is CC(=C=O)CCc1ccco1. The summed E-state index contributed by atoms with van der Waals surface area (Å²) in [5, 5.41) is 0. The molecule has 0 radical (unpaired) electrons. The summed E-state index contributed by atoms with van der Waals surface area (Å²) in [7, 11) is 0. The lowest BCUT2D eigenvalue weighted by Gasteiger charge is -1.92. The first kappa shape index (κ1) is 7.83. The third-order valence-electron chi connectivity index (χ3n) is 1.50. The van der Waals surface area contributed by atoms with Crippen LogP contribution in [0.3, 0.4) is 0 Å². The highest BCUT2D eigenvalue weighted by atomic mass is 16.3. The van der Waals surface area contributed by atoms with Gasteiger partial charge >= 0.3 is 0 Å². The van der Waals surface area contributed by atoms with Crippen LogP contribution in [0.4, 0.5) is 0 Å². The van der Waals surface area contributed by atoms with Crippen molar-refractivity contribution in [2.75, 3.05) is 0 Å². The van der Waals surface area contributed by atoms with Crippen LogP contribution in [0.2, 0.25) is 0 Å². The van der Waals surface area contributed by atoms with Crippen molar-refractivity contribution in [2.24, 2.45) is 0 Å². The van der Waals surface area contributed by atoms with Crippen LogP contribution in [-0.4, -0.2) is 5.94 Å². The minimum Gasteiger partial charge on any atom is -0.469 e. The molecule has 1 aromatic heterocycles. The van der Waals surface area contributed by atoms with Gasteiger partial charge in [-0.3, -0.25) is 0 Å². The van der Waals surface area contributed by atoms with E-state index in [2.05, 4.69) is 0 Å². The predicted octanol–water partition coefficient (Wildman–Crippen LogP) is 1.99. The number of furan rings is 1. The van der Waals surface area contributed by atoms with Gasteiger partial charge in [-0.1, -0.05) is 0 Å². The maximum absolute atomic E-state index is 10.1. The Morgan fingerprint density at radius 3 is 3.09 bits per heavy atom. The van der Waals surface area contributed by atoms with Gasteiger partial charge in [-0.2, -0.15) is 0 Å². The Hall–Kier alpha value is -1.27. The molecule has 0 amide bonds. The van der Waals surface area contributed by atoms with Crippen LogP contribution in [-0.2, 0) is 11.2 Å². The summed E-state index contributed by atoms with van der Waals surface area (Å²) in [6, 6.07) is 3.74. The van der Waals surface area contributed by atoms with Crippen molar-refractivity contribution >= 4 is 5.94 Å². The van der Waals surface area contributed by atoms with Crippen LogP contribution >= 0.6 is 0 Å². The van der Waals surface area contributed by atoms with Crippen molar-refractivity contribution in [1.29, 1.82) is 0 Å². The highest BCUT2D eigenvalue weighted by Gasteiger charge is 1.96. The first-order valence-corrected chi connectivity index (χ1v) is 3.56. The van der Waals surface area contributed by atoms with E-state index in [-0.39, 0.29) is 0 Å². The number of aryl methyl sites for hydroxylation is 1. The van der Waals surface area contributed by atoms with Gasteiger partial charge in [0, 0.05) is 12.0 Å². The third kappa shape index (κ3) is 2.44. The van der Waals surface area contributed by atoms with Crippen molar-refractivity contribution in [2.45, 2.75) is 19.8 Å². The normalized spacial score (nSPS) is 9.18. The van der Waals surface area contributed by atoms with E-state index in [0.29, 0.717) is 0 Å². The second kappa shape index (κ2) is 3.79. The average molecular weight is 150 g/mol. The fourth-order valence-corrected chi connectivity index (χ4v) is 0.817. The van der Waals surface area contributed by atoms with Gasteiger partial charge in [0.15, 0.2) is 0 Å². The molecule has 0 unspecified atom stereocenters. The molecule has 0 bridgehead atoms. The zero-order chi connectivity index (χ0) is 8.10. The molecule has 0 aliphatic heterocycles. The van der Waals surface area contributed by atoms with E-state index in [4.69, 9.17) is 4.42 Å². The van der Waals surface area contributed by atoms with E-state index in [1.165, 1.54) is 0 Å². The van der Waals surface area contributed by atoms with E-state index in [1.54, 1.807) is 13.2 Å². The van der Waals surface area contributed by atoms with Crippen LogP contribution in [0.25, 0.3) is 0 Å². The van der Waals surface area contributed by atoms with E-state index in [9.17, 15) is 4.79 Å². The molecule has 11 heavy (non-hydrogen) atoms. The fraction of sp³-hybridized carbons (Fsp3) is 0.333. The molecule has 0 aliphatic carbocycles. The van der Waals surface area contributed by atoms with Gasteiger partial charge in [-0.25, -0.2) is 4.79 Å². The number of rotatable bonds is 3. The minimum absolute atomic E-state index is 0.733. The van der Waals surface area contributed by atoms with Crippen molar-refractivity contribution in [3.63, 3.8) is 0 Å². The Labute approximate surface area is 65.5 Å². The summed E-state index contributed by atoms with van der Waals surface area (Å²) in [4.78, 5) is 10.1. The van der Waals surface area contributed by atoms with E-state index < -0.39 is 0 Å². The zero-order valence-electron chi connectivity index (χ0n) is 6.46. The molecular formula is C9H10O2. The minimum atomic E-state index is 0.733. The first-order chi connectivity index (χ1) is 5.33. The van der Waals surface area contributed by atoms with Gasteiger partial charge in [0.1, 0.15) is 11.7 Å². The molecule has 0 aromatic carbocycles. The third-order valence-corrected chi connectivity index (χ3v) is 1.50. The van der Waals surface area contributed by atoms with Gasteiger partial charge in [0.05, 0.1) is 6.26 Å². The summed E-state index contributed by atoms with van der Waals surface area (Å²) in [6.45, 7) is 1.77. The number of carbonyl (C=O) groups excluding carboxylic acids is 1. The quantitative estimate of drug-likeness (QED) is 0.617. The lowest BCUT2D eigenvalue weighted by atomic mass is 10.1. The molecule has 0 aliphatic rings. The number of hydrogen-bond donors (Lipinski definition) is 0. The summed E-state index contributed by atoms with van der Waals surface area (Å²) < 4.78 is 5.09. The first-order valence-electron chi connectivity index (χ1n) is 3.56. The number of hydrogen-bond acceptors (Lipinski definition) is 2. The lowest BCUT2D eigenvalue weighted by Crippen LogP contribution is -1.83.